The highest BCUT2D eigenvalue weighted by atomic mass is 16.5. The second-order valence-electron chi connectivity index (χ2n) is 6.68. The van der Waals surface area contributed by atoms with Crippen molar-refractivity contribution < 1.29 is 14.1 Å². The van der Waals surface area contributed by atoms with E-state index >= 15 is 0 Å². The zero-order valence-electron chi connectivity index (χ0n) is 15.0. The molecule has 1 heterocycles. The molecule has 1 N–H and O–H groups in total. The first-order valence-corrected chi connectivity index (χ1v) is 8.90. The van der Waals surface area contributed by atoms with Gasteiger partial charge in [0.15, 0.2) is 0 Å². The standard InChI is InChI=1S/C19H25N3O3/c1-4-12(2)16(20-18(23)14-6-5-7-14)19-21-17(22-25-19)13-8-10-15(24-3)11-9-13/h8-12,14,16H,4-7H2,1-3H3,(H,20,23)/t12-,16-/m1/s1. The quantitative estimate of drug-likeness (QED) is 0.828. The average molecular weight is 343 g/mol. The van der Waals surface area contributed by atoms with Crippen LogP contribution in [0.2, 0.25) is 0 Å². The molecule has 2 atom stereocenters. The van der Waals surface area contributed by atoms with Gasteiger partial charge in [-0.3, -0.25) is 4.79 Å². The van der Waals surface area contributed by atoms with Crippen molar-refractivity contribution in [2.45, 2.75) is 45.6 Å². The van der Waals surface area contributed by atoms with E-state index in [-0.39, 0.29) is 23.8 Å². The van der Waals surface area contributed by atoms with Crippen molar-refractivity contribution in [2.24, 2.45) is 11.8 Å². The smallest absolute Gasteiger partial charge is 0.249 e. The van der Waals surface area contributed by atoms with Crippen LogP contribution < -0.4 is 10.1 Å². The molecule has 1 aliphatic rings. The number of methoxy groups -OCH3 is 1. The minimum Gasteiger partial charge on any atom is -0.497 e. The van der Waals surface area contributed by atoms with Crippen molar-refractivity contribution in [3.05, 3.63) is 30.2 Å². The van der Waals surface area contributed by atoms with Crippen LogP contribution in [0.5, 0.6) is 5.75 Å². The third-order valence-electron chi connectivity index (χ3n) is 5.04. The van der Waals surface area contributed by atoms with Gasteiger partial charge in [0, 0.05) is 11.5 Å². The van der Waals surface area contributed by atoms with Crippen LogP contribution in [0.25, 0.3) is 11.4 Å². The summed E-state index contributed by atoms with van der Waals surface area (Å²) in [5.41, 5.74) is 0.851. The van der Waals surface area contributed by atoms with E-state index in [9.17, 15) is 4.79 Å². The van der Waals surface area contributed by atoms with Crippen molar-refractivity contribution in [3.63, 3.8) is 0 Å². The molecule has 0 aliphatic heterocycles. The molecule has 6 nitrogen and oxygen atoms in total. The summed E-state index contributed by atoms with van der Waals surface area (Å²) in [5, 5.41) is 7.20. The van der Waals surface area contributed by atoms with Crippen molar-refractivity contribution in [1.82, 2.24) is 15.5 Å². The summed E-state index contributed by atoms with van der Waals surface area (Å²) in [7, 11) is 1.63. The molecular weight excluding hydrogens is 318 g/mol. The Balaban J connectivity index is 1.78. The molecule has 0 bridgehead atoms. The second kappa shape index (κ2) is 7.68. The summed E-state index contributed by atoms with van der Waals surface area (Å²) in [5.74, 6) is 2.21. The first-order valence-electron chi connectivity index (χ1n) is 8.90. The second-order valence-corrected chi connectivity index (χ2v) is 6.68. The molecule has 1 aromatic heterocycles. The maximum absolute atomic E-state index is 12.4. The number of hydrogen-bond donors (Lipinski definition) is 1. The molecule has 0 radical (unpaired) electrons. The Labute approximate surface area is 148 Å². The first kappa shape index (κ1) is 17.5. The van der Waals surface area contributed by atoms with Gasteiger partial charge in [0.1, 0.15) is 11.8 Å². The summed E-state index contributed by atoms with van der Waals surface area (Å²) in [4.78, 5) is 16.9. The molecule has 1 amide bonds. The lowest BCUT2D eigenvalue weighted by atomic mass is 9.84. The van der Waals surface area contributed by atoms with Crippen LogP contribution in [0, 0.1) is 11.8 Å². The molecule has 25 heavy (non-hydrogen) atoms. The Morgan fingerprint density at radius 1 is 1.36 bits per heavy atom. The number of nitrogens with zero attached hydrogens (tertiary/aromatic N) is 2. The molecule has 1 fully saturated rings. The number of ether oxygens (including phenoxy) is 1. The molecule has 3 rings (SSSR count). The lowest BCUT2D eigenvalue weighted by Crippen LogP contribution is -2.39. The van der Waals surface area contributed by atoms with Crippen LogP contribution in [0.1, 0.15) is 51.5 Å². The molecule has 2 aromatic rings. The van der Waals surface area contributed by atoms with Gasteiger partial charge >= 0.3 is 0 Å². The number of carbonyl (C=O) groups is 1. The summed E-state index contributed by atoms with van der Waals surface area (Å²) >= 11 is 0. The molecule has 6 heteroatoms. The van der Waals surface area contributed by atoms with Crippen molar-refractivity contribution in [2.75, 3.05) is 7.11 Å². The normalized spacial score (nSPS) is 16.8. The third kappa shape index (κ3) is 3.83. The van der Waals surface area contributed by atoms with E-state index in [1.54, 1.807) is 7.11 Å². The zero-order chi connectivity index (χ0) is 17.8. The molecule has 1 aromatic carbocycles. The maximum Gasteiger partial charge on any atom is 0.249 e. The number of rotatable bonds is 7. The minimum atomic E-state index is -0.252. The van der Waals surface area contributed by atoms with Crippen LogP contribution >= 0.6 is 0 Å². The minimum absolute atomic E-state index is 0.0979. The summed E-state index contributed by atoms with van der Waals surface area (Å²) < 4.78 is 10.7. The Hall–Kier alpha value is -2.37. The molecule has 0 spiro atoms. The Morgan fingerprint density at radius 2 is 2.08 bits per heavy atom. The number of aromatic nitrogens is 2. The Morgan fingerprint density at radius 3 is 2.64 bits per heavy atom. The number of nitrogens with one attached hydrogen (secondary N) is 1. The van der Waals surface area contributed by atoms with Gasteiger partial charge in [-0.25, -0.2) is 0 Å². The highest BCUT2D eigenvalue weighted by molar-refractivity contribution is 5.79. The zero-order valence-corrected chi connectivity index (χ0v) is 15.0. The fourth-order valence-corrected chi connectivity index (χ4v) is 2.84. The molecule has 0 saturated heterocycles. The maximum atomic E-state index is 12.4. The van der Waals surface area contributed by atoms with Crippen molar-refractivity contribution in [1.29, 1.82) is 0 Å². The lowest BCUT2D eigenvalue weighted by Gasteiger charge is -2.28. The van der Waals surface area contributed by atoms with Gasteiger partial charge in [0.25, 0.3) is 0 Å². The van der Waals surface area contributed by atoms with Gasteiger partial charge in [-0.1, -0.05) is 31.8 Å². The predicted molar refractivity (Wildman–Crippen MR) is 94.0 cm³/mol. The van der Waals surface area contributed by atoms with Crippen LogP contribution in [0.4, 0.5) is 0 Å². The van der Waals surface area contributed by atoms with E-state index < -0.39 is 0 Å². The van der Waals surface area contributed by atoms with Gasteiger partial charge in [0.2, 0.25) is 17.6 Å². The molecule has 134 valence electrons. The molecule has 1 saturated carbocycles. The van der Waals surface area contributed by atoms with Crippen molar-refractivity contribution >= 4 is 5.91 Å². The highest BCUT2D eigenvalue weighted by Gasteiger charge is 2.31. The topological polar surface area (TPSA) is 77.2 Å². The Bertz CT molecular complexity index is 707. The van der Waals surface area contributed by atoms with Gasteiger partial charge in [-0.05, 0) is 43.0 Å². The number of amides is 1. The van der Waals surface area contributed by atoms with E-state index in [1.165, 1.54) is 0 Å². The Kier molecular flexibility index (Phi) is 5.36. The van der Waals surface area contributed by atoms with E-state index in [4.69, 9.17) is 9.26 Å². The summed E-state index contributed by atoms with van der Waals surface area (Å²) in [6, 6.07) is 7.24. The monoisotopic (exact) mass is 343 g/mol. The highest BCUT2D eigenvalue weighted by Crippen LogP contribution is 2.30. The number of hydrogen-bond acceptors (Lipinski definition) is 5. The fourth-order valence-electron chi connectivity index (χ4n) is 2.84. The van der Waals surface area contributed by atoms with Gasteiger partial charge in [-0.15, -0.1) is 0 Å². The van der Waals surface area contributed by atoms with Gasteiger partial charge in [-0.2, -0.15) is 4.98 Å². The SMILES string of the molecule is CC[C@@H](C)[C@@H](NC(=O)C1CCC1)c1nc(-c2ccc(OC)cc2)no1. The van der Waals surface area contributed by atoms with E-state index in [2.05, 4.69) is 29.3 Å². The fraction of sp³-hybridized carbons (Fsp3) is 0.526. The van der Waals surface area contributed by atoms with Crippen LogP contribution in [-0.4, -0.2) is 23.2 Å². The first-order chi connectivity index (χ1) is 12.1. The largest absolute Gasteiger partial charge is 0.497 e. The van der Waals surface area contributed by atoms with E-state index in [1.807, 2.05) is 24.3 Å². The summed E-state index contributed by atoms with van der Waals surface area (Å²) in [6.45, 7) is 4.18. The predicted octanol–water partition coefficient (Wildman–Crippen LogP) is 3.75. The van der Waals surface area contributed by atoms with Gasteiger partial charge < -0.3 is 14.6 Å². The summed E-state index contributed by atoms with van der Waals surface area (Å²) in [6.07, 6.45) is 3.99. The van der Waals surface area contributed by atoms with Crippen molar-refractivity contribution in [3.8, 4) is 17.1 Å². The third-order valence-corrected chi connectivity index (χ3v) is 5.04. The van der Waals surface area contributed by atoms with Crippen LogP contribution in [0.3, 0.4) is 0 Å². The number of carbonyl (C=O) groups excluding carboxylic acids is 1. The molecule has 0 unspecified atom stereocenters. The lowest BCUT2D eigenvalue weighted by molar-refractivity contribution is -0.128. The van der Waals surface area contributed by atoms with Crippen LogP contribution in [0.15, 0.2) is 28.8 Å². The average Bonchev–Trinajstić information content (AvgIpc) is 3.07. The van der Waals surface area contributed by atoms with Crippen LogP contribution in [-0.2, 0) is 4.79 Å². The molecule has 1 aliphatic carbocycles. The number of benzene rings is 1. The van der Waals surface area contributed by atoms with E-state index in [0.717, 1.165) is 37.0 Å². The molecular formula is C19H25N3O3. The van der Waals surface area contributed by atoms with E-state index in [0.29, 0.717) is 11.7 Å². The van der Waals surface area contributed by atoms with Gasteiger partial charge in [0.05, 0.1) is 7.11 Å².